The standard InChI is InChI=1S/C9H15O6S/c1-2-7(12)14-9(6(11)5-10)15-8(13)3-4-16/h6,9-11H,2-5H2,1H3. The van der Waals surface area contributed by atoms with Gasteiger partial charge in [-0.2, -0.15) is 0 Å². The fourth-order valence-electron chi connectivity index (χ4n) is 0.752. The number of hydrogen-bond donors (Lipinski definition) is 2. The van der Waals surface area contributed by atoms with Crippen LogP contribution in [0.15, 0.2) is 0 Å². The lowest BCUT2D eigenvalue weighted by Gasteiger charge is -2.21. The van der Waals surface area contributed by atoms with Crippen LogP contribution in [-0.4, -0.2) is 46.9 Å². The Morgan fingerprint density at radius 1 is 1.31 bits per heavy atom. The molecule has 0 aliphatic carbocycles. The van der Waals surface area contributed by atoms with Crippen molar-refractivity contribution in [2.75, 3.05) is 12.4 Å². The van der Waals surface area contributed by atoms with Gasteiger partial charge in [0.1, 0.15) is 0 Å². The zero-order valence-corrected chi connectivity index (χ0v) is 9.74. The molecule has 0 saturated heterocycles. The Morgan fingerprint density at radius 3 is 2.31 bits per heavy atom. The molecule has 1 radical (unpaired) electrons. The first kappa shape index (κ1) is 15.2. The topological polar surface area (TPSA) is 93.1 Å². The van der Waals surface area contributed by atoms with E-state index in [1.54, 1.807) is 6.92 Å². The average Bonchev–Trinajstić information content (AvgIpc) is 2.27. The number of aliphatic hydroxyl groups excluding tert-OH is 2. The molecule has 0 aliphatic heterocycles. The van der Waals surface area contributed by atoms with E-state index in [1.807, 2.05) is 0 Å². The first-order valence-corrected chi connectivity index (χ1v) is 5.38. The summed E-state index contributed by atoms with van der Waals surface area (Å²) >= 11 is 4.57. The third-order valence-corrected chi connectivity index (χ3v) is 1.80. The van der Waals surface area contributed by atoms with Gasteiger partial charge in [-0.3, -0.25) is 9.59 Å². The fourth-order valence-corrected chi connectivity index (χ4v) is 0.919. The molecule has 7 heteroatoms. The molecule has 0 heterocycles. The van der Waals surface area contributed by atoms with Crippen LogP contribution in [0.2, 0.25) is 0 Å². The molecule has 93 valence electrons. The quantitative estimate of drug-likeness (QED) is 0.479. The van der Waals surface area contributed by atoms with Crippen LogP contribution in [0.1, 0.15) is 19.8 Å². The molecule has 0 spiro atoms. The molecule has 0 fully saturated rings. The van der Waals surface area contributed by atoms with E-state index in [0.717, 1.165) is 0 Å². The van der Waals surface area contributed by atoms with Gasteiger partial charge in [0, 0.05) is 12.2 Å². The number of ether oxygens (including phenoxy) is 2. The van der Waals surface area contributed by atoms with Gasteiger partial charge >= 0.3 is 11.9 Å². The van der Waals surface area contributed by atoms with Crippen LogP contribution in [0.4, 0.5) is 0 Å². The molecule has 0 aromatic rings. The van der Waals surface area contributed by atoms with Gasteiger partial charge in [0.05, 0.1) is 13.0 Å². The average molecular weight is 251 g/mol. The van der Waals surface area contributed by atoms with Crippen molar-refractivity contribution in [3.05, 3.63) is 0 Å². The van der Waals surface area contributed by atoms with Crippen molar-refractivity contribution in [2.24, 2.45) is 0 Å². The molecule has 16 heavy (non-hydrogen) atoms. The largest absolute Gasteiger partial charge is 0.422 e. The van der Waals surface area contributed by atoms with Gasteiger partial charge < -0.3 is 19.7 Å². The highest BCUT2D eigenvalue weighted by molar-refractivity contribution is 7.80. The first-order chi connectivity index (χ1) is 7.54. The number of aliphatic hydroxyl groups is 2. The first-order valence-electron chi connectivity index (χ1n) is 4.81. The fraction of sp³-hybridized carbons (Fsp3) is 0.778. The maximum Gasteiger partial charge on any atom is 0.309 e. The molecular formula is C9H15O6S. The minimum atomic E-state index is -1.48. The van der Waals surface area contributed by atoms with Crippen LogP contribution >= 0.6 is 12.6 Å². The number of esters is 2. The SMILES string of the molecule is CCC(=O)OC(OC(=O)CC[S])C(O)CO. The maximum atomic E-state index is 11.1. The Hall–Kier alpha value is -0.790. The molecule has 0 rings (SSSR count). The molecule has 0 aromatic heterocycles. The van der Waals surface area contributed by atoms with Crippen LogP contribution in [0.3, 0.4) is 0 Å². The van der Waals surface area contributed by atoms with E-state index in [9.17, 15) is 14.7 Å². The highest BCUT2D eigenvalue weighted by Gasteiger charge is 2.26. The van der Waals surface area contributed by atoms with Crippen molar-refractivity contribution in [2.45, 2.75) is 32.2 Å². The summed E-state index contributed by atoms with van der Waals surface area (Å²) in [5.74, 6) is -1.15. The van der Waals surface area contributed by atoms with Crippen molar-refractivity contribution in [3.8, 4) is 0 Å². The zero-order valence-electron chi connectivity index (χ0n) is 8.92. The van der Waals surface area contributed by atoms with Gasteiger partial charge in [0.2, 0.25) is 0 Å². The van der Waals surface area contributed by atoms with Crippen molar-refractivity contribution in [3.63, 3.8) is 0 Å². The summed E-state index contributed by atoms with van der Waals surface area (Å²) in [6, 6.07) is 0. The van der Waals surface area contributed by atoms with E-state index in [4.69, 9.17) is 5.11 Å². The van der Waals surface area contributed by atoms with Gasteiger partial charge in [-0.1, -0.05) is 19.6 Å². The molecule has 6 nitrogen and oxygen atoms in total. The molecule has 0 aromatic carbocycles. The monoisotopic (exact) mass is 251 g/mol. The third kappa shape index (κ3) is 5.94. The van der Waals surface area contributed by atoms with Crippen LogP contribution in [-0.2, 0) is 19.1 Å². The second-order valence-corrected chi connectivity index (χ2v) is 3.31. The second-order valence-electron chi connectivity index (χ2n) is 2.91. The Kier molecular flexibility index (Phi) is 7.96. The van der Waals surface area contributed by atoms with Crippen LogP contribution in [0.25, 0.3) is 0 Å². The molecular weight excluding hydrogens is 236 g/mol. The summed E-state index contributed by atoms with van der Waals surface area (Å²) in [4.78, 5) is 22.0. The smallest absolute Gasteiger partial charge is 0.309 e. The molecule has 2 N–H and O–H groups in total. The number of rotatable bonds is 7. The highest BCUT2D eigenvalue weighted by Crippen LogP contribution is 2.06. The van der Waals surface area contributed by atoms with Crippen molar-refractivity contribution < 1.29 is 29.3 Å². The van der Waals surface area contributed by atoms with Gasteiger partial charge in [0.25, 0.3) is 6.29 Å². The molecule has 2 unspecified atom stereocenters. The molecule has 0 saturated carbocycles. The maximum absolute atomic E-state index is 11.1. The Bertz CT molecular complexity index is 232. The minimum Gasteiger partial charge on any atom is -0.422 e. The van der Waals surface area contributed by atoms with Crippen LogP contribution < -0.4 is 0 Å². The predicted octanol–water partition coefficient (Wildman–Crippen LogP) is -0.250. The van der Waals surface area contributed by atoms with E-state index < -0.39 is 30.9 Å². The number of hydrogen-bond acceptors (Lipinski definition) is 6. The lowest BCUT2D eigenvalue weighted by Crippen LogP contribution is -2.37. The van der Waals surface area contributed by atoms with E-state index in [0.29, 0.717) is 0 Å². The Morgan fingerprint density at radius 2 is 1.88 bits per heavy atom. The summed E-state index contributed by atoms with van der Waals surface area (Å²) in [6.07, 6.45) is -2.88. The Balaban J connectivity index is 4.31. The Labute approximate surface area is 99.0 Å². The predicted molar refractivity (Wildman–Crippen MR) is 56.4 cm³/mol. The summed E-state index contributed by atoms with van der Waals surface area (Å²) in [5.41, 5.74) is 0. The third-order valence-electron chi connectivity index (χ3n) is 1.59. The summed E-state index contributed by atoms with van der Waals surface area (Å²) in [6.45, 7) is 0.874. The van der Waals surface area contributed by atoms with Gasteiger partial charge in [0.15, 0.2) is 6.10 Å². The van der Waals surface area contributed by atoms with Gasteiger partial charge in [-0.15, -0.1) is 0 Å². The zero-order chi connectivity index (χ0) is 12.6. The normalized spacial score (nSPS) is 14.0. The van der Waals surface area contributed by atoms with Crippen molar-refractivity contribution in [1.29, 1.82) is 0 Å². The molecule has 0 aliphatic rings. The highest BCUT2D eigenvalue weighted by atomic mass is 32.1. The number of carbonyl (C=O) groups is 2. The van der Waals surface area contributed by atoms with Crippen LogP contribution in [0, 0.1) is 0 Å². The van der Waals surface area contributed by atoms with Crippen molar-refractivity contribution >= 4 is 24.6 Å². The van der Waals surface area contributed by atoms with E-state index in [1.165, 1.54) is 0 Å². The van der Waals surface area contributed by atoms with E-state index >= 15 is 0 Å². The lowest BCUT2D eigenvalue weighted by atomic mass is 10.3. The summed E-state index contributed by atoms with van der Waals surface area (Å²) in [7, 11) is 0. The summed E-state index contributed by atoms with van der Waals surface area (Å²) in [5, 5.41) is 17.9. The van der Waals surface area contributed by atoms with Crippen molar-refractivity contribution in [1.82, 2.24) is 0 Å². The number of carbonyl (C=O) groups excluding carboxylic acids is 2. The van der Waals surface area contributed by atoms with E-state index in [-0.39, 0.29) is 18.6 Å². The van der Waals surface area contributed by atoms with Gasteiger partial charge in [-0.05, 0) is 0 Å². The second kappa shape index (κ2) is 8.37. The lowest BCUT2D eigenvalue weighted by molar-refractivity contribution is -0.209. The molecule has 0 bridgehead atoms. The minimum absolute atomic E-state index is 0.0202. The molecule has 0 amide bonds. The molecule has 2 atom stereocenters. The van der Waals surface area contributed by atoms with E-state index in [2.05, 4.69) is 22.1 Å². The van der Waals surface area contributed by atoms with Gasteiger partial charge in [-0.25, -0.2) is 0 Å². The van der Waals surface area contributed by atoms with Crippen LogP contribution in [0.5, 0.6) is 0 Å². The summed E-state index contributed by atoms with van der Waals surface area (Å²) < 4.78 is 9.30.